The van der Waals surface area contributed by atoms with Crippen molar-refractivity contribution in [3.8, 4) is 0 Å². The molecule has 0 radical (unpaired) electrons. The molecule has 1 N–H and O–H groups in total. The molecule has 0 heterocycles. The van der Waals surface area contributed by atoms with Crippen LogP contribution in [0.3, 0.4) is 0 Å². The van der Waals surface area contributed by atoms with Crippen LogP contribution in [0.2, 0.25) is 18.1 Å². The number of rotatable bonds is 4. The Morgan fingerprint density at radius 2 is 1.67 bits per heavy atom. The van der Waals surface area contributed by atoms with E-state index in [0.717, 1.165) is 0 Å². The Hall–Kier alpha value is -0.953. The maximum absolute atomic E-state index is 13.1. The Bertz CT molecular complexity index is 778. The Kier molecular flexibility index (Phi) is 6.47. The van der Waals surface area contributed by atoms with Crippen molar-refractivity contribution in [2.24, 2.45) is 11.8 Å². The van der Waals surface area contributed by atoms with Crippen LogP contribution >= 0.6 is 0 Å². The molecule has 1 aliphatic rings. The molecule has 152 valence electrons. The molecule has 1 aromatic rings. The van der Waals surface area contributed by atoms with Crippen molar-refractivity contribution in [1.82, 2.24) is 0 Å². The van der Waals surface area contributed by atoms with Crippen LogP contribution in [0.5, 0.6) is 0 Å². The van der Waals surface area contributed by atoms with Gasteiger partial charge in [0, 0.05) is 11.8 Å². The van der Waals surface area contributed by atoms with Crippen LogP contribution in [-0.4, -0.2) is 34.0 Å². The molecule has 4 nitrogen and oxygen atoms in total. The van der Waals surface area contributed by atoms with Crippen molar-refractivity contribution < 1.29 is 18.0 Å². The van der Waals surface area contributed by atoms with Gasteiger partial charge in [0.2, 0.25) is 9.84 Å². The van der Waals surface area contributed by atoms with E-state index >= 15 is 0 Å². The van der Waals surface area contributed by atoms with Crippen LogP contribution in [0.25, 0.3) is 0 Å². The zero-order valence-corrected chi connectivity index (χ0v) is 19.4. The average molecular weight is 411 g/mol. The fraction of sp³-hybridized carbons (Fsp3) is 0.619. The molecule has 0 unspecified atom stereocenters. The third kappa shape index (κ3) is 4.55. The van der Waals surface area contributed by atoms with E-state index in [-0.39, 0.29) is 22.0 Å². The smallest absolute Gasteiger partial charge is 0.202 e. The van der Waals surface area contributed by atoms with Gasteiger partial charge in [-0.15, -0.1) is 0 Å². The van der Waals surface area contributed by atoms with Gasteiger partial charge in [-0.3, -0.25) is 0 Å². The quantitative estimate of drug-likeness (QED) is 0.726. The SMILES string of the molecule is C[C@H]1[C@@H](O)[C@H](C)C(S(=O)(=O)c2ccccc2)=CC[C@@H]1O[Si](C)(C)C(C)(C)C. The molecule has 0 saturated heterocycles. The summed E-state index contributed by atoms with van der Waals surface area (Å²) in [6.07, 6.45) is 1.31. The number of hydrogen-bond donors (Lipinski definition) is 1. The maximum Gasteiger partial charge on any atom is 0.202 e. The van der Waals surface area contributed by atoms with Crippen LogP contribution < -0.4 is 0 Å². The van der Waals surface area contributed by atoms with Crippen LogP contribution in [0.1, 0.15) is 41.0 Å². The Labute approximate surface area is 165 Å². The summed E-state index contributed by atoms with van der Waals surface area (Å²) in [5, 5.41) is 11.0. The highest BCUT2D eigenvalue weighted by Gasteiger charge is 2.43. The fourth-order valence-corrected chi connectivity index (χ4v) is 6.43. The first-order valence-electron chi connectivity index (χ1n) is 9.65. The molecule has 27 heavy (non-hydrogen) atoms. The number of aliphatic hydroxyl groups is 1. The summed E-state index contributed by atoms with van der Waals surface area (Å²) in [6, 6.07) is 8.44. The molecular formula is C21H34O4SSi. The first-order valence-corrected chi connectivity index (χ1v) is 14.0. The van der Waals surface area contributed by atoms with E-state index in [1.54, 1.807) is 43.3 Å². The molecule has 4 atom stereocenters. The van der Waals surface area contributed by atoms with Crippen molar-refractivity contribution in [3.63, 3.8) is 0 Å². The molecule has 0 fully saturated rings. The van der Waals surface area contributed by atoms with Crippen molar-refractivity contribution in [3.05, 3.63) is 41.3 Å². The summed E-state index contributed by atoms with van der Waals surface area (Å²) >= 11 is 0. The van der Waals surface area contributed by atoms with E-state index in [2.05, 4.69) is 33.9 Å². The monoisotopic (exact) mass is 410 g/mol. The Morgan fingerprint density at radius 1 is 1.11 bits per heavy atom. The number of sulfone groups is 1. The standard InChI is InChI=1S/C21H34O4SSi/c1-15-18(25-27(6,7)21(3,4)5)13-14-19(16(2)20(15)22)26(23,24)17-11-9-8-10-12-17/h8-12,14-16,18,20,22H,13H2,1-7H3/t15-,16-,18+,20-/m1/s1. The van der Waals surface area contributed by atoms with Crippen molar-refractivity contribution >= 4 is 18.2 Å². The molecule has 1 aromatic carbocycles. The van der Waals surface area contributed by atoms with Gasteiger partial charge < -0.3 is 9.53 Å². The second kappa shape index (κ2) is 7.82. The molecule has 0 spiro atoms. The highest BCUT2D eigenvalue weighted by molar-refractivity contribution is 7.95. The van der Waals surface area contributed by atoms with Gasteiger partial charge in [-0.25, -0.2) is 8.42 Å². The minimum absolute atomic E-state index is 0.0538. The maximum atomic E-state index is 13.1. The summed E-state index contributed by atoms with van der Waals surface area (Å²) < 4.78 is 32.8. The second-order valence-corrected chi connectivity index (χ2v) is 15.9. The average Bonchev–Trinajstić information content (AvgIpc) is 2.67. The molecule has 0 aliphatic heterocycles. The number of aliphatic hydroxyl groups excluding tert-OH is 1. The van der Waals surface area contributed by atoms with Crippen molar-refractivity contribution in [1.29, 1.82) is 0 Å². The van der Waals surface area contributed by atoms with Gasteiger partial charge in [-0.1, -0.05) is 58.9 Å². The van der Waals surface area contributed by atoms with Crippen molar-refractivity contribution in [2.75, 3.05) is 0 Å². The van der Waals surface area contributed by atoms with Gasteiger partial charge in [-0.05, 0) is 36.7 Å². The van der Waals surface area contributed by atoms with E-state index in [1.807, 2.05) is 6.92 Å². The summed E-state index contributed by atoms with van der Waals surface area (Å²) in [7, 11) is -5.66. The predicted octanol–water partition coefficient (Wildman–Crippen LogP) is 4.77. The third-order valence-corrected chi connectivity index (χ3v) is 12.8. The molecule has 2 rings (SSSR count). The van der Waals surface area contributed by atoms with Gasteiger partial charge in [0.15, 0.2) is 8.32 Å². The van der Waals surface area contributed by atoms with Crippen molar-refractivity contribution in [2.45, 2.75) is 76.3 Å². The van der Waals surface area contributed by atoms with E-state index in [4.69, 9.17) is 4.43 Å². The first kappa shape index (κ1) is 22.3. The van der Waals surface area contributed by atoms with E-state index in [1.165, 1.54) is 0 Å². The zero-order valence-electron chi connectivity index (χ0n) is 17.6. The summed E-state index contributed by atoms with van der Waals surface area (Å²) in [5.41, 5.74) is 0. The highest BCUT2D eigenvalue weighted by atomic mass is 32.2. The minimum atomic E-state index is -3.63. The number of benzene rings is 1. The molecule has 1 aliphatic carbocycles. The van der Waals surface area contributed by atoms with Gasteiger partial charge >= 0.3 is 0 Å². The summed E-state index contributed by atoms with van der Waals surface area (Å²) in [5.74, 6) is -0.618. The lowest BCUT2D eigenvalue weighted by Crippen LogP contribution is -2.47. The fourth-order valence-electron chi connectivity index (χ4n) is 3.28. The lowest BCUT2D eigenvalue weighted by Gasteiger charge is -2.41. The topological polar surface area (TPSA) is 63.6 Å². The third-order valence-electron chi connectivity index (χ3n) is 6.25. The largest absolute Gasteiger partial charge is 0.413 e. The molecule has 0 saturated carbocycles. The summed E-state index contributed by atoms with van der Waals surface area (Å²) in [6.45, 7) is 14.7. The van der Waals surface area contributed by atoms with Gasteiger partial charge in [0.05, 0.1) is 22.0 Å². The van der Waals surface area contributed by atoms with Gasteiger partial charge in [-0.2, -0.15) is 0 Å². The first-order chi connectivity index (χ1) is 12.3. The summed E-state index contributed by atoms with van der Waals surface area (Å²) in [4.78, 5) is 0.570. The van der Waals surface area contributed by atoms with Crippen LogP contribution in [-0.2, 0) is 14.3 Å². The Balaban J connectivity index is 2.39. The van der Waals surface area contributed by atoms with Crippen LogP contribution in [0.4, 0.5) is 0 Å². The molecule has 0 amide bonds. The highest BCUT2D eigenvalue weighted by Crippen LogP contribution is 2.41. The second-order valence-electron chi connectivity index (χ2n) is 9.21. The van der Waals surface area contributed by atoms with E-state index in [0.29, 0.717) is 11.3 Å². The molecular weight excluding hydrogens is 376 g/mol. The van der Waals surface area contributed by atoms with E-state index < -0.39 is 30.2 Å². The zero-order chi connectivity index (χ0) is 20.6. The van der Waals surface area contributed by atoms with Gasteiger partial charge in [0.1, 0.15) is 0 Å². The normalized spacial score (nSPS) is 27.8. The predicted molar refractivity (Wildman–Crippen MR) is 113 cm³/mol. The van der Waals surface area contributed by atoms with Crippen LogP contribution in [0, 0.1) is 11.8 Å². The molecule has 0 aromatic heterocycles. The van der Waals surface area contributed by atoms with Crippen LogP contribution in [0.15, 0.2) is 46.2 Å². The molecule has 0 bridgehead atoms. The molecule has 6 heteroatoms. The lowest BCUT2D eigenvalue weighted by molar-refractivity contribution is 0.0149. The van der Waals surface area contributed by atoms with Gasteiger partial charge in [0.25, 0.3) is 0 Å². The lowest BCUT2D eigenvalue weighted by atomic mass is 9.91. The Morgan fingerprint density at radius 3 is 2.19 bits per heavy atom. The number of hydrogen-bond acceptors (Lipinski definition) is 4. The van der Waals surface area contributed by atoms with E-state index in [9.17, 15) is 13.5 Å². The minimum Gasteiger partial charge on any atom is -0.413 e.